The highest BCUT2D eigenvalue weighted by Crippen LogP contribution is 2.41. The highest BCUT2D eigenvalue weighted by Gasteiger charge is 2.49. The number of amides is 1. The molecule has 3 atom stereocenters. The smallest absolute Gasteiger partial charge is 0.255 e. The number of hydrogen-bond acceptors (Lipinski definition) is 2. The second-order valence-corrected chi connectivity index (χ2v) is 9.57. The van der Waals surface area contributed by atoms with Crippen LogP contribution in [-0.2, 0) is 6.42 Å². The number of carbonyl (C=O) groups is 1. The maximum Gasteiger partial charge on any atom is 0.255 e. The molecule has 1 N–H and O–H groups in total. The molecule has 25 heavy (non-hydrogen) atoms. The first-order chi connectivity index (χ1) is 11.7. The molecular weight excluding hydrogens is 336 g/mol. The minimum Gasteiger partial charge on any atom is -0.486 e. The molecule has 4 rings (SSSR count). The van der Waals surface area contributed by atoms with Gasteiger partial charge in [0.15, 0.2) is 0 Å². The van der Waals surface area contributed by atoms with E-state index in [-0.39, 0.29) is 17.6 Å². The van der Waals surface area contributed by atoms with E-state index >= 15 is 0 Å². The molecule has 0 saturated carbocycles. The van der Waals surface area contributed by atoms with E-state index in [0.29, 0.717) is 28.4 Å². The van der Waals surface area contributed by atoms with Crippen LogP contribution in [0.4, 0.5) is 0 Å². The summed E-state index contributed by atoms with van der Waals surface area (Å²) < 4.78 is 7.16. The van der Waals surface area contributed by atoms with E-state index < -0.39 is 0 Å². The van der Waals surface area contributed by atoms with Crippen molar-refractivity contribution in [3.05, 3.63) is 28.3 Å². The molecule has 0 spiro atoms. The van der Waals surface area contributed by atoms with Crippen LogP contribution in [0.1, 0.15) is 55.5 Å². The van der Waals surface area contributed by atoms with E-state index in [1.54, 1.807) is 6.07 Å². The maximum atomic E-state index is 13.0. The number of fused-ring (bicyclic) bond motifs is 3. The van der Waals surface area contributed by atoms with E-state index in [1.165, 1.54) is 12.8 Å². The van der Waals surface area contributed by atoms with E-state index in [4.69, 9.17) is 16.3 Å². The van der Waals surface area contributed by atoms with Gasteiger partial charge >= 0.3 is 0 Å². The van der Waals surface area contributed by atoms with Crippen LogP contribution in [0.2, 0.25) is 5.02 Å². The van der Waals surface area contributed by atoms with Crippen LogP contribution < -0.4 is 10.1 Å². The van der Waals surface area contributed by atoms with Crippen LogP contribution >= 0.6 is 11.6 Å². The van der Waals surface area contributed by atoms with Crippen molar-refractivity contribution in [1.29, 1.82) is 0 Å². The highest BCUT2D eigenvalue weighted by atomic mass is 35.5. The van der Waals surface area contributed by atoms with Gasteiger partial charge in [-0.05, 0) is 26.0 Å². The van der Waals surface area contributed by atoms with Crippen molar-refractivity contribution in [2.45, 2.75) is 69.7 Å². The lowest BCUT2D eigenvalue weighted by Gasteiger charge is -2.44. The number of piperidine rings is 1. The van der Waals surface area contributed by atoms with Gasteiger partial charge in [0.25, 0.3) is 5.91 Å². The average molecular weight is 364 g/mol. The Hall–Kier alpha value is -1.26. The number of nitrogens with one attached hydrogen (secondary N) is 1. The van der Waals surface area contributed by atoms with Crippen molar-refractivity contribution in [3.63, 3.8) is 0 Å². The summed E-state index contributed by atoms with van der Waals surface area (Å²) in [7, 11) is 4.67. The third-order valence-corrected chi connectivity index (χ3v) is 6.75. The summed E-state index contributed by atoms with van der Waals surface area (Å²) in [4.78, 5) is 13.0. The molecule has 2 bridgehead atoms. The zero-order chi connectivity index (χ0) is 18.0. The van der Waals surface area contributed by atoms with Crippen LogP contribution in [0, 0.1) is 0 Å². The number of ether oxygens (including phenoxy) is 1. The first-order valence-electron chi connectivity index (χ1n) is 9.31. The van der Waals surface area contributed by atoms with Gasteiger partial charge in [-0.2, -0.15) is 0 Å². The van der Waals surface area contributed by atoms with Crippen LogP contribution in [-0.4, -0.2) is 48.2 Å². The molecule has 0 aliphatic carbocycles. The first kappa shape index (κ1) is 17.2. The number of benzene rings is 1. The molecule has 0 radical (unpaired) electrons. The van der Waals surface area contributed by atoms with Gasteiger partial charge in [-0.15, -0.1) is 0 Å². The zero-order valence-corrected chi connectivity index (χ0v) is 16.3. The van der Waals surface area contributed by atoms with Crippen molar-refractivity contribution >= 4 is 17.5 Å². The number of halogens is 1. The summed E-state index contributed by atoms with van der Waals surface area (Å²) in [5.74, 6) is 0.662. The quantitative estimate of drug-likeness (QED) is 0.816. The molecule has 136 valence electrons. The Bertz CT molecular complexity index is 713. The van der Waals surface area contributed by atoms with Crippen molar-refractivity contribution in [2.24, 2.45) is 0 Å². The lowest BCUT2D eigenvalue weighted by Crippen LogP contribution is -2.58. The normalized spacial score (nSPS) is 31.3. The number of quaternary nitrogens is 1. The molecule has 1 aromatic rings. The monoisotopic (exact) mass is 363 g/mol. The molecule has 5 heteroatoms. The minimum absolute atomic E-state index is 0.0481. The fourth-order valence-electron chi connectivity index (χ4n) is 5.10. The summed E-state index contributed by atoms with van der Waals surface area (Å²) >= 11 is 6.26. The van der Waals surface area contributed by atoms with Gasteiger partial charge in [0.05, 0.1) is 31.7 Å². The Morgan fingerprint density at radius 2 is 1.88 bits per heavy atom. The molecule has 3 aliphatic heterocycles. The Balaban J connectivity index is 1.54. The van der Waals surface area contributed by atoms with Gasteiger partial charge < -0.3 is 14.5 Å². The third kappa shape index (κ3) is 2.93. The molecule has 3 heterocycles. The van der Waals surface area contributed by atoms with Crippen LogP contribution in [0.5, 0.6) is 5.75 Å². The Labute approximate surface area is 155 Å². The predicted molar refractivity (Wildman–Crippen MR) is 99.3 cm³/mol. The van der Waals surface area contributed by atoms with E-state index in [2.05, 4.69) is 19.4 Å². The fourth-order valence-corrected chi connectivity index (χ4v) is 5.34. The number of nitrogens with zero attached hydrogens (tertiary/aromatic N) is 1. The Morgan fingerprint density at radius 1 is 1.24 bits per heavy atom. The lowest BCUT2D eigenvalue weighted by atomic mass is 9.95. The van der Waals surface area contributed by atoms with Crippen LogP contribution in [0.15, 0.2) is 12.1 Å². The van der Waals surface area contributed by atoms with Gasteiger partial charge in [-0.1, -0.05) is 11.6 Å². The fraction of sp³-hybridized carbons (Fsp3) is 0.650. The van der Waals surface area contributed by atoms with Crippen molar-refractivity contribution < 1.29 is 14.0 Å². The highest BCUT2D eigenvalue weighted by molar-refractivity contribution is 6.31. The van der Waals surface area contributed by atoms with E-state index in [0.717, 1.165) is 29.3 Å². The van der Waals surface area contributed by atoms with E-state index in [9.17, 15) is 4.79 Å². The summed E-state index contributed by atoms with van der Waals surface area (Å²) in [6.45, 7) is 4.09. The molecule has 1 unspecified atom stereocenters. The molecule has 1 aromatic carbocycles. The molecule has 2 fully saturated rings. The predicted octanol–water partition coefficient (Wildman–Crippen LogP) is 3.55. The Morgan fingerprint density at radius 3 is 2.52 bits per heavy atom. The van der Waals surface area contributed by atoms with Crippen LogP contribution in [0.25, 0.3) is 0 Å². The van der Waals surface area contributed by atoms with Gasteiger partial charge in [-0.3, -0.25) is 4.79 Å². The first-order valence-corrected chi connectivity index (χ1v) is 9.69. The van der Waals surface area contributed by atoms with Crippen molar-refractivity contribution in [1.82, 2.24) is 5.32 Å². The SMILES string of the molecule is CC1(C)Cc2cc(Cl)cc(C(=O)NC3C[C@H]4CC[C@@H](C3)[N+]4(C)C)c2O1. The van der Waals surface area contributed by atoms with Crippen molar-refractivity contribution in [2.75, 3.05) is 14.1 Å². The van der Waals surface area contributed by atoms with Gasteiger partial charge in [0.1, 0.15) is 11.4 Å². The molecule has 4 nitrogen and oxygen atoms in total. The maximum absolute atomic E-state index is 13.0. The van der Waals surface area contributed by atoms with Gasteiger partial charge in [0, 0.05) is 48.7 Å². The number of carbonyl (C=O) groups excluding carboxylic acids is 1. The van der Waals surface area contributed by atoms with Crippen molar-refractivity contribution in [3.8, 4) is 5.75 Å². The zero-order valence-electron chi connectivity index (χ0n) is 15.6. The number of hydrogen-bond donors (Lipinski definition) is 1. The third-order valence-electron chi connectivity index (χ3n) is 6.53. The Kier molecular flexibility index (Phi) is 3.86. The number of rotatable bonds is 2. The summed E-state index contributed by atoms with van der Waals surface area (Å²) in [5, 5.41) is 3.87. The molecule has 2 saturated heterocycles. The summed E-state index contributed by atoms with van der Waals surface area (Å²) in [5.41, 5.74) is 1.33. The lowest BCUT2D eigenvalue weighted by molar-refractivity contribution is -0.930. The second kappa shape index (κ2) is 5.62. The molecule has 0 aromatic heterocycles. The minimum atomic E-state index is -0.284. The van der Waals surface area contributed by atoms with Crippen LogP contribution in [0.3, 0.4) is 0 Å². The second-order valence-electron chi connectivity index (χ2n) is 9.14. The molecule has 1 amide bonds. The largest absolute Gasteiger partial charge is 0.486 e. The summed E-state index contributed by atoms with van der Waals surface area (Å²) in [6, 6.07) is 5.23. The molecular formula is C20H28ClN2O2+. The standard InChI is InChI=1S/C20H27ClN2O2/c1-20(2)11-12-7-13(21)8-17(18(12)25-20)19(24)22-14-9-15-5-6-16(10-14)23(15,3)4/h7-8,14-16H,5-6,9-11H2,1-4H3/p+1/t14?,15-,16+. The van der Waals surface area contributed by atoms with Gasteiger partial charge in [-0.25, -0.2) is 0 Å². The topological polar surface area (TPSA) is 38.3 Å². The van der Waals surface area contributed by atoms with Gasteiger partial charge in [0.2, 0.25) is 0 Å². The average Bonchev–Trinajstić information content (AvgIpc) is 2.84. The van der Waals surface area contributed by atoms with E-state index in [1.807, 2.05) is 19.9 Å². The summed E-state index contributed by atoms with van der Waals surface area (Å²) in [6.07, 6.45) is 5.44. The molecule has 3 aliphatic rings.